The molecule has 1 unspecified atom stereocenters. The quantitative estimate of drug-likeness (QED) is 0.360. The van der Waals surface area contributed by atoms with Gasteiger partial charge in [0.15, 0.2) is 0 Å². The van der Waals surface area contributed by atoms with Gasteiger partial charge in [0.25, 0.3) is 0 Å². The summed E-state index contributed by atoms with van der Waals surface area (Å²) in [4.78, 5) is 10.2. The van der Waals surface area contributed by atoms with Gasteiger partial charge >= 0.3 is 0 Å². The molecule has 158 valence electrons. The fourth-order valence-corrected chi connectivity index (χ4v) is 4.31. The molecule has 0 amide bonds. The molecule has 0 saturated carbocycles. The number of anilines is 2. The zero-order valence-corrected chi connectivity index (χ0v) is 17.5. The van der Waals surface area contributed by atoms with E-state index in [4.69, 9.17) is 15.2 Å². The number of ether oxygens (including phenoxy) is 2. The molecule has 2 aliphatic heterocycles. The lowest BCUT2D eigenvalue weighted by Crippen LogP contribution is -2.51. The molecule has 1 saturated heterocycles. The third-order valence-corrected chi connectivity index (χ3v) is 6.04. The number of nitrogens with two attached hydrogens (primary N) is 1. The monoisotopic (exact) mass is 422 g/mol. The van der Waals surface area contributed by atoms with Crippen LogP contribution in [0.1, 0.15) is 11.1 Å². The van der Waals surface area contributed by atoms with Crippen LogP contribution in [0.2, 0.25) is 0 Å². The van der Waals surface area contributed by atoms with E-state index in [1.54, 1.807) is 0 Å². The van der Waals surface area contributed by atoms with Gasteiger partial charge in [-0.3, -0.25) is 0 Å². The lowest BCUT2D eigenvalue weighted by Gasteiger charge is -2.41. The van der Waals surface area contributed by atoms with Crippen LogP contribution >= 0.6 is 0 Å². The van der Waals surface area contributed by atoms with Gasteiger partial charge in [-0.15, -0.1) is 0 Å². The van der Waals surface area contributed by atoms with Crippen molar-refractivity contribution >= 4 is 22.4 Å². The largest absolute Gasteiger partial charge is 0.489 e. The Hall–Kier alpha value is -3.95. The van der Waals surface area contributed by atoms with Gasteiger partial charge in [-0.25, -0.2) is 4.98 Å². The Morgan fingerprint density at radius 1 is 1.03 bits per heavy atom. The first kappa shape index (κ1) is 18.8. The van der Waals surface area contributed by atoms with Gasteiger partial charge in [-0.05, 0) is 48.0 Å². The van der Waals surface area contributed by atoms with E-state index in [0.29, 0.717) is 12.6 Å². The number of nitrogen functional groups attached to an aromatic ring is 1. The van der Waals surface area contributed by atoms with Gasteiger partial charge < -0.3 is 25.1 Å². The molecule has 3 N–H and O–H groups in total. The van der Waals surface area contributed by atoms with Crippen molar-refractivity contribution in [3.63, 3.8) is 0 Å². The number of hydrogen-bond acceptors (Lipinski definition) is 5. The second kappa shape index (κ2) is 7.63. The van der Waals surface area contributed by atoms with Gasteiger partial charge in [0.05, 0.1) is 30.5 Å². The lowest BCUT2D eigenvalue weighted by atomic mass is 10.0. The minimum atomic E-state index is 0.294. The maximum Gasteiger partial charge on any atom is 0.143 e. The Balaban J connectivity index is 1.34. The van der Waals surface area contributed by atoms with Gasteiger partial charge in [0.1, 0.15) is 18.0 Å². The molecule has 6 rings (SSSR count). The fourth-order valence-electron chi connectivity index (χ4n) is 4.31. The summed E-state index contributed by atoms with van der Waals surface area (Å²) in [5.41, 5.74) is 12.4. The van der Waals surface area contributed by atoms with Crippen molar-refractivity contribution in [2.24, 2.45) is 0 Å². The highest BCUT2D eigenvalue weighted by Gasteiger charge is 2.30. The number of hydrogen-bond donors (Lipinski definition) is 2. The number of nitrogens with zero attached hydrogens (tertiary/aromatic N) is 2. The fraction of sp³-hybridized carbons (Fsp3) is 0.192. The van der Waals surface area contributed by atoms with Crippen molar-refractivity contribution < 1.29 is 9.47 Å². The number of nitrogens with one attached hydrogen (secondary N) is 1. The molecular weight excluding hydrogens is 400 g/mol. The molecule has 0 spiro atoms. The number of aromatic amines is 1. The second-order valence-corrected chi connectivity index (χ2v) is 8.11. The van der Waals surface area contributed by atoms with E-state index < -0.39 is 0 Å². The molecule has 2 aromatic carbocycles. The summed E-state index contributed by atoms with van der Waals surface area (Å²) in [5, 5.41) is 0.998. The Kier molecular flexibility index (Phi) is 4.48. The van der Waals surface area contributed by atoms with Crippen molar-refractivity contribution in [3.8, 4) is 28.7 Å². The van der Waals surface area contributed by atoms with Gasteiger partial charge in [-0.2, -0.15) is 0 Å². The maximum absolute atomic E-state index is 6.07. The van der Waals surface area contributed by atoms with Crippen LogP contribution < -0.4 is 15.4 Å². The molecule has 4 heterocycles. The van der Waals surface area contributed by atoms with Crippen LogP contribution in [0.4, 0.5) is 11.4 Å². The first-order valence-corrected chi connectivity index (χ1v) is 10.7. The standard InChI is InChI=1S/C26H22N4O2/c27-21-6-2-17(3-7-21)1-4-19-13-28-26-23(19)11-20(14-29-26)18-5-8-24-25(12-18)32-16-22-15-31-10-9-30(22)24/h2-3,5-8,11-14,22H,9-10,15-16,27H2,(H,28,29). The van der Waals surface area contributed by atoms with Crippen LogP contribution in [-0.4, -0.2) is 42.4 Å². The maximum atomic E-state index is 6.07. The number of benzene rings is 2. The third kappa shape index (κ3) is 3.33. The van der Waals surface area contributed by atoms with Gasteiger partial charge in [0.2, 0.25) is 0 Å². The van der Waals surface area contributed by atoms with E-state index in [-0.39, 0.29) is 0 Å². The number of rotatable bonds is 1. The summed E-state index contributed by atoms with van der Waals surface area (Å²) >= 11 is 0. The van der Waals surface area contributed by atoms with Crippen LogP contribution in [0.5, 0.6) is 5.75 Å². The Morgan fingerprint density at radius 2 is 1.94 bits per heavy atom. The average molecular weight is 422 g/mol. The molecule has 2 aromatic heterocycles. The number of H-pyrrole nitrogens is 1. The van der Waals surface area contributed by atoms with Crippen molar-refractivity contribution in [1.82, 2.24) is 9.97 Å². The normalized spacial score (nSPS) is 17.1. The molecule has 0 bridgehead atoms. The predicted molar refractivity (Wildman–Crippen MR) is 126 cm³/mol. The third-order valence-electron chi connectivity index (χ3n) is 6.04. The Bertz CT molecular complexity index is 1360. The van der Waals surface area contributed by atoms with Crippen LogP contribution in [0.25, 0.3) is 22.2 Å². The van der Waals surface area contributed by atoms with E-state index in [0.717, 1.165) is 70.2 Å². The number of fused-ring (bicyclic) bond motifs is 4. The predicted octanol–water partition coefficient (Wildman–Crippen LogP) is 3.81. The average Bonchev–Trinajstić information content (AvgIpc) is 3.25. The van der Waals surface area contributed by atoms with Crippen molar-refractivity contribution in [2.75, 3.05) is 37.0 Å². The lowest BCUT2D eigenvalue weighted by molar-refractivity contribution is 0.0705. The first-order valence-electron chi connectivity index (χ1n) is 10.7. The number of pyridine rings is 1. The first-order chi connectivity index (χ1) is 15.7. The number of aromatic nitrogens is 2. The molecule has 4 aromatic rings. The smallest absolute Gasteiger partial charge is 0.143 e. The van der Waals surface area contributed by atoms with Crippen molar-refractivity contribution in [2.45, 2.75) is 6.04 Å². The summed E-state index contributed by atoms with van der Waals surface area (Å²) in [6.45, 7) is 3.02. The summed E-state index contributed by atoms with van der Waals surface area (Å²) in [7, 11) is 0. The van der Waals surface area contributed by atoms with Crippen LogP contribution in [0.15, 0.2) is 60.9 Å². The zero-order valence-electron chi connectivity index (χ0n) is 17.5. The summed E-state index contributed by atoms with van der Waals surface area (Å²) < 4.78 is 11.7. The van der Waals surface area contributed by atoms with E-state index in [1.165, 1.54) is 0 Å². The Labute approximate surface area is 186 Å². The van der Waals surface area contributed by atoms with E-state index in [9.17, 15) is 0 Å². The molecule has 2 aliphatic rings. The van der Waals surface area contributed by atoms with E-state index >= 15 is 0 Å². The molecule has 1 fully saturated rings. The SMILES string of the molecule is Nc1ccc(C#Cc2c[nH]c3ncc(-c4ccc5c(c4)OCC4COCCN54)cc23)cc1. The van der Waals surface area contributed by atoms with Crippen molar-refractivity contribution in [3.05, 3.63) is 72.1 Å². The van der Waals surface area contributed by atoms with Gasteiger partial charge in [-0.1, -0.05) is 17.9 Å². The minimum Gasteiger partial charge on any atom is -0.489 e. The zero-order chi connectivity index (χ0) is 21.5. The molecule has 6 heteroatoms. The Morgan fingerprint density at radius 3 is 2.84 bits per heavy atom. The number of morpholine rings is 1. The van der Waals surface area contributed by atoms with Crippen LogP contribution in [-0.2, 0) is 4.74 Å². The highest BCUT2D eigenvalue weighted by Crippen LogP contribution is 2.38. The summed E-state index contributed by atoms with van der Waals surface area (Å²) in [6, 6.07) is 16.4. The summed E-state index contributed by atoms with van der Waals surface area (Å²) in [5.74, 6) is 7.38. The second-order valence-electron chi connectivity index (χ2n) is 8.11. The highest BCUT2D eigenvalue weighted by atomic mass is 16.5. The van der Waals surface area contributed by atoms with E-state index in [1.807, 2.05) is 36.7 Å². The molecular formula is C26H22N4O2. The molecule has 0 radical (unpaired) electrons. The summed E-state index contributed by atoms with van der Waals surface area (Å²) in [6.07, 6.45) is 3.79. The minimum absolute atomic E-state index is 0.294. The highest BCUT2D eigenvalue weighted by molar-refractivity contribution is 5.87. The van der Waals surface area contributed by atoms with Gasteiger partial charge in [0, 0.05) is 41.1 Å². The van der Waals surface area contributed by atoms with Crippen LogP contribution in [0.3, 0.4) is 0 Å². The topological polar surface area (TPSA) is 76.4 Å². The molecule has 6 nitrogen and oxygen atoms in total. The molecule has 0 aliphatic carbocycles. The van der Waals surface area contributed by atoms with Crippen molar-refractivity contribution in [1.29, 1.82) is 0 Å². The molecule has 32 heavy (non-hydrogen) atoms. The molecule has 1 atom stereocenters. The van der Waals surface area contributed by atoms with E-state index in [2.05, 4.69) is 51.0 Å². The van der Waals surface area contributed by atoms with Crippen LogP contribution in [0, 0.1) is 11.8 Å².